The number of nitrogens with one attached hydrogen (secondary N) is 2. The van der Waals surface area contributed by atoms with Gasteiger partial charge in [-0.1, -0.05) is 12.1 Å². The quantitative estimate of drug-likeness (QED) is 0.481. The number of likely N-dealkylation sites (tertiary alicyclic amines) is 2. The zero-order chi connectivity index (χ0) is 24.4. The van der Waals surface area contributed by atoms with Crippen LogP contribution in [0.4, 0.5) is 0 Å². The van der Waals surface area contributed by atoms with E-state index in [0.29, 0.717) is 24.1 Å². The minimum Gasteiger partial charge on any atom is -0.347 e. The summed E-state index contributed by atoms with van der Waals surface area (Å²) in [5.41, 5.74) is 2.49. The number of benzene rings is 1. The van der Waals surface area contributed by atoms with E-state index in [1.807, 2.05) is 12.1 Å². The third-order valence-electron chi connectivity index (χ3n) is 8.33. The van der Waals surface area contributed by atoms with Gasteiger partial charge >= 0.3 is 0 Å². The molecule has 0 radical (unpaired) electrons. The summed E-state index contributed by atoms with van der Waals surface area (Å²) in [5.74, 6) is 2.49. The molecule has 1 aliphatic carbocycles. The lowest BCUT2D eigenvalue weighted by molar-refractivity contribution is 0.0721. The molecule has 8 nitrogen and oxygen atoms in total. The number of aromatic nitrogens is 4. The number of rotatable bonds is 9. The highest BCUT2D eigenvalue weighted by Crippen LogP contribution is 2.41. The van der Waals surface area contributed by atoms with Crippen LogP contribution in [0.2, 0.25) is 0 Å². The second-order valence-electron chi connectivity index (χ2n) is 11.1. The topological polar surface area (TPSA) is 84.2 Å². The highest BCUT2D eigenvalue weighted by Gasteiger charge is 2.41. The fraction of sp³-hybridized carbons (Fsp3) is 0.536. The Labute approximate surface area is 213 Å². The molecule has 8 heteroatoms. The molecule has 0 atom stereocenters. The van der Waals surface area contributed by atoms with E-state index in [0.717, 1.165) is 24.1 Å². The fourth-order valence-corrected chi connectivity index (χ4v) is 5.97. The molecule has 2 aliphatic heterocycles. The molecule has 2 aromatic heterocycles. The van der Waals surface area contributed by atoms with Crippen LogP contribution >= 0.6 is 0 Å². The number of piperidine rings is 1. The van der Waals surface area contributed by atoms with Crippen molar-refractivity contribution in [2.75, 3.05) is 32.7 Å². The third-order valence-corrected chi connectivity index (χ3v) is 8.33. The second-order valence-corrected chi connectivity index (χ2v) is 11.1. The number of hydrogen-bond donors (Lipinski definition) is 2. The Kier molecular flexibility index (Phi) is 6.63. The van der Waals surface area contributed by atoms with E-state index in [1.54, 1.807) is 29.7 Å². The maximum Gasteiger partial charge on any atom is 0.254 e. The van der Waals surface area contributed by atoms with E-state index < -0.39 is 0 Å². The molecular weight excluding hydrogens is 450 g/mol. The molecule has 1 aromatic carbocycles. The van der Waals surface area contributed by atoms with Crippen LogP contribution in [0.25, 0.3) is 0 Å². The van der Waals surface area contributed by atoms with Gasteiger partial charge in [-0.3, -0.25) is 9.69 Å². The van der Waals surface area contributed by atoms with Gasteiger partial charge < -0.3 is 19.8 Å². The first-order valence-corrected chi connectivity index (χ1v) is 13.4. The Hall–Kier alpha value is -2.97. The predicted molar refractivity (Wildman–Crippen MR) is 138 cm³/mol. The van der Waals surface area contributed by atoms with Crippen LogP contribution in [0.15, 0.2) is 49.1 Å². The van der Waals surface area contributed by atoms with Gasteiger partial charge in [-0.2, -0.15) is 0 Å². The van der Waals surface area contributed by atoms with Crippen molar-refractivity contribution >= 4 is 5.91 Å². The van der Waals surface area contributed by atoms with Crippen LogP contribution in [0.3, 0.4) is 0 Å². The highest BCUT2D eigenvalue weighted by atomic mass is 16.2. The van der Waals surface area contributed by atoms with Gasteiger partial charge in [0.1, 0.15) is 11.6 Å². The van der Waals surface area contributed by atoms with Gasteiger partial charge in [-0.15, -0.1) is 0 Å². The van der Waals surface area contributed by atoms with Crippen molar-refractivity contribution in [1.82, 2.24) is 34.6 Å². The average molecular weight is 488 g/mol. The largest absolute Gasteiger partial charge is 0.347 e. The Balaban J connectivity index is 1.05. The Bertz CT molecular complexity index is 1080. The average Bonchev–Trinajstić information content (AvgIpc) is 3.26. The molecule has 1 amide bonds. The summed E-state index contributed by atoms with van der Waals surface area (Å²) in [6.45, 7) is 8.08. The van der Waals surface area contributed by atoms with Crippen LogP contribution in [0, 0.1) is 11.3 Å². The summed E-state index contributed by atoms with van der Waals surface area (Å²) in [7, 11) is 0. The maximum absolute atomic E-state index is 13.4. The van der Waals surface area contributed by atoms with Crippen LogP contribution in [-0.4, -0.2) is 73.3 Å². The van der Waals surface area contributed by atoms with Crippen molar-refractivity contribution in [1.29, 1.82) is 0 Å². The van der Waals surface area contributed by atoms with Gasteiger partial charge in [-0.05, 0) is 80.8 Å². The van der Waals surface area contributed by atoms with E-state index in [1.165, 1.54) is 70.4 Å². The Morgan fingerprint density at radius 1 is 0.917 bits per heavy atom. The summed E-state index contributed by atoms with van der Waals surface area (Å²) >= 11 is 0. The van der Waals surface area contributed by atoms with Gasteiger partial charge in [0.15, 0.2) is 0 Å². The molecule has 4 heterocycles. The predicted octanol–water partition coefficient (Wildman–Crippen LogP) is 3.67. The molecule has 3 aromatic rings. The van der Waals surface area contributed by atoms with Gasteiger partial charge in [0.05, 0.1) is 13.1 Å². The zero-order valence-corrected chi connectivity index (χ0v) is 21.0. The van der Waals surface area contributed by atoms with Crippen molar-refractivity contribution in [2.45, 2.75) is 51.7 Å². The lowest BCUT2D eigenvalue weighted by atomic mass is 9.77. The summed E-state index contributed by atoms with van der Waals surface area (Å²) in [5, 5.41) is 0. The lowest BCUT2D eigenvalue weighted by Gasteiger charge is -2.39. The van der Waals surface area contributed by atoms with Crippen LogP contribution in [0.5, 0.6) is 0 Å². The summed E-state index contributed by atoms with van der Waals surface area (Å²) < 4.78 is 0. The molecule has 36 heavy (non-hydrogen) atoms. The summed E-state index contributed by atoms with van der Waals surface area (Å²) in [6, 6.07) is 8.18. The normalized spacial score (nSPS) is 20.2. The first kappa shape index (κ1) is 23.4. The van der Waals surface area contributed by atoms with Crippen LogP contribution < -0.4 is 0 Å². The minimum absolute atomic E-state index is 0.0209. The molecule has 2 saturated heterocycles. The standard InChI is InChI=1S/C28H37N7O/c36-27(35(19-25-29-10-11-30-25)20-26-31-12-13-32-26)24-5-3-23(4-6-24)18-34-16-9-28(21-34)7-14-33(15-8-28)17-22-1-2-22/h3-6,10-13,22H,1-2,7-9,14-21H2,(H,29,30)(H,31,32). The zero-order valence-electron chi connectivity index (χ0n) is 21.0. The van der Waals surface area contributed by atoms with E-state index in [2.05, 4.69) is 41.9 Å². The van der Waals surface area contributed by atoms with E-state index in [4.69, 9.17) is 0 Å². The van der Waals surface area contributed by atoms with E-state index in [9.17, 15) is 4.79 Å². The lowest BCUT2D eigenvalue weighted by Crippen LogP contribution is -2.42. The molecule has 1 spiro atoms. The summed E-state index contributed by atoms with van der Waals surface area (Å²) in [6.07, 6.45) is 13.9. The van der Waals surface area contributed by atoms with E-state index >= 15 is 0 Å². The summed E-state index contributed by atoms with van der Waals surface area (Å²) in [4.78, 5) is 35.3. The van der Waals surface area contributed by atoms with Crippen molar-refractivity contribution in [3.05, 3.63) is 71.8 Å². The van der Waals surface area contributed by atoms with Gasteiger partial charge in [0.2, 0.25) is 0 Å². The number of H-pyrrole nitrogens is 2. The minimum atomic E-state index is -0.0209. The van der Waals surface area contributed by atoms with Gasteiger partial charge in [-0.25, -0.2) is 9.97 Å². The third kappa shape index (κ3) is 5.55. The molecular formula is C28H37N7O. The van der Waals surface area contributed by atoms with Gasteiger partial charge in [0.25, 0.3) is 5.91 Å². The van der Waals surface area contributed by atoms with Crippen molar-refractivity contribution < 1.29 is 4.79 Å². The molecule has 0 unspecified atom stereocenters. The molecule has 3 fully saturated rings. The number of aromatic amines is 2. The molecule has 190 valence electrons. The highest BCUT2D eigenvalue weighted by molar-refractivity contribution is 5.94. The van der Waals surface area contributed by atoms with Gasteiger partial charge in [0, 0.05) is 50.0 Å². The molecule has 0 bridgehead atoms. The SMILES string of the molecule is O=C(c1ccc(CN2CCC3(CCN(CC4CC4)CC3)C2)cc1)N(Cc1ncc[nH]1)Cc1ncc[nH]1. The first-order valence-electron chi connectivity index (χ1n) is 13.4. The molecule has 3 aliphatic rings. The van der Waals surface area contributed by atoms with Crippen molar-refractivity contribution in [3.8, 4) is 0 Å². The fourth-order valence-electron chi connectivity index (χ4n) is 5.97. The Morgan fingerprint density at radius 2 is 1.53 bits per heavy atom. The number of amides is 1. The molecule has 2 N–H and O–H groups in total. The molecule has 1 saturated carbocycles. The van der Waals surface area contributed by atoms with Crippen LogP contribution in [-0.2, 0) is 19.6 Å². The number of carbonyl (C=O) groups is 1. The van der Waals surface area contributed by atoms with Crippen molar-refractivity contribution in [2.24, 2.45) is 11.3 Å². The van der Waals surface area contributed by atoms with E-state index in [-0.39, 0.29) is 5.91 Å². The number of nitrogens with zero attached hydrogens (tertiary/aromatic N) is 5. The molecule has 6 rings (SSSR count). The first-order chi connectivity index (χ1) is 17.6. The van der Waals surface area contributed by atoms with Crippen LogP contribution in [0.1, 0.15) is 59.7 Å². The number of carbonyl (C=O) groups excluding carboxylic acids is 1. The van der Waals surface area contributed by atoms with Crippen molar-refractivity contribution in [3.63, 3.8) is 0 Å². The number of imidazole rings is 2. The maximum atomic E-state index is 13.4. The second kappa shape index (κ2) is 10.2. The monoisotopic (exact) mass is 487 g/mol. The number of hydrogen-bond acceptors (Lipinski definition) is 5. The Morgan fingerprint density at radius 3 is 2.08 bits per heavy atom. The smallest absolute Gasteiger partial charge is 0.254 e.